The van der Waals surface area contributed by atoms with Crippen LogP contribution in [-0.2, 0) is 6.54 Å². The van der Waals surface area contributed by atoms with Crippen LogP contribution in [0.2, 0.25) is 0 Å². The van der Waals surface area contributed by atoms with Gasteiger partial charge in [0, 0.05) is 40.7 Å². The van der Waals surface area contributed by atoms with Gasteiger partial charge in [-0.15, -0.1) is 0 Å². The molecule has 5 nitrogen and oxygen atoms in total. The van der Waals surface area contributed by atoms with Crippen LogP contribution in [0.15, 0.2) is 65.3 Å². The molecule has 1 atom stereocenters. The summed E-state index contributed by atoms with van der Waals surface area (Å²) in [6.45, 7) is 1.66. The van der Waals surface area contributed by atoms with Crippen molar-refractivity contribution < 1.29 is 9.47 Å². The zero-order chi connectivity index (χ0) is 20.4. The van der Waals surface area contributed by atoms with E-state index in [1.54, 1.807) is 14.2 Å². The number of hydrogen-bond acceptors (Lipinski definition) is 3. The first-order valence-electron chi connectivity index (χ1n) is 9.31. The standard InChI is InChI=1S/C22H22BrN3O2S/c1-27-17-9-10-20(28-2)18(14-17)21-19-4-3-11-25(19)12-13-26(21)22(29)24-16-7-5-15(23)6-8-16/h3-11,14,21H,12-13H2,1-2H3,(H,24,29)/t21-/m1/s1. The number of nitrogens with zero attached hydrogens (tertiary/aromatic N) is 2. The molecule has 2 aromatic carbocycles. The van der Waals surface area contributed by atoms with Crippen molar-refractivity contribution in [3.05, 3.63) is 76.5 Å². The molecule has 150 valence electrons. The number of benzene rings is 2. The summed E-state index contributed by atoms with van der Waals surface area (Å²) in [6, 6.07) is 18.0. The smallest absolute Gasteiger partial charge is 0.174 e. The van der Waals surface area contributed by atoms with Gasteiger partial charge in [0.05, 0.1) is 14.2 Å². The van der Waals surface area contributed by atoms with Crippen LogP contribution in [0.5, 0.6) is 11.5 Å². The molecule has 1 aromatic heterocycles. The molecule has 0 radical (unpaired) electrons. The maximum Gasteiger partial charge on any atom is 0.174 e. The second-order valence-corrected chi connectivity index (χ2v) is 8.07. The molecule has 0 bridgehead atoms. The summed E-state index contributed by atoms with van der Waals surface area (Å²) >= 11 is 9.30. The minimum atomic E-state index is -0.0840. The Labute approximate surface area is 184 Å². The second kappa shape index (κ2) is 8.47. The summed E-state index contributed by atoms with van der Waals surface area (Å²) in [5.74, 6) is 1.60. The zero-order valence-electron chi connectivity index (χ0n) is 16.3. The van der Waals surface area contributed by atoms with Crippen molar-refractivity contribution in [3.63, 3.8) is 0 Å². The first kappa shape index (κ1) is 19.8. The van der Waals surface area contributed by atoms with E-state index >= 15 is 0 Å². The molecule has 0 amide bonds. The zero-order valence-corrected chi connectivity index (χ0v) is 18.7. The van der Waals surface area contributed by atoms with E-state index in [9.17, 15) is 0 Å². The van der Waals surface area contributed by atoms with Crippen molar-refractivity contribution in [1.82, 2.24) is 9.47 Å². The number of fused-ring (bicyclic) bond motifs is 1. The highest BCUT2D eigenvalue weighted by Crippen LogP contribution is 2.39. The molecular weight excluding hydrogens is 450 g/mol. The summed E-state index contributed by atoms with van der Waals surface area (Å²) < 4.78 is 14.5. The lowest BCUT2D eigenvalue weighted by molar-refractivity contribution is 0.284. The van der Waals surface area contributed by atoms with Crippen LogP contribution in [0.4, 0.5) is 5.69 Å². The Morgan fingerprint density at radius 2 is 1.86 bits per heavy atom. The maximum absolute atomic E-state index is 5.83. The van der Waals surface area contributed by atoms with Crippen LogP contribution in [0.1, 0.15) is 17.3 Å². The van der Waals surface area contributed by atoms with Gasteiger partial charge >= 0.3 is 0 Å². The third kappa shape index (κ3) is 3.97. The number of methoxy groups -OCH3 is 2. The van der Waals surface area contributed by atoms with Crippen LogP contribution < -0.4 is 14.8 Å². The highest BCUT2D eigenvalue weighted by atomic mass is 79.9. The fraction of sp³-hybridized carbons (Fsp3) is 0.227. The van der Waals surface area contributed by atoms with Gasteiger partial charge < -0.3 is 24.3 Å². The Hall–Kier alpha value is -2.51. The van der Waals surface area contributed by atoms with Crippen molar-refractivity contribution in [2.24, 2.45) is 0 Å². The number of hydrogen-bond donors (Lipinski definition) is 1. The monoisotopic (exact) mass is 471 g/mol. The molecule has 0 aliphatic carbocycles. The number of rotatable bonds is 4. The normalized spacial score (nSPS) is 15.6. The SMILES string of the molecule is COc1ccc(OC)c([C@@H]2c3cccn3CCN2C(=S)Nc2ccc(Br)cc2)c1. The Morgan fingerprint density at radius 3 is 2.59 bits per heavy atom. The van der Waals surface area contributed by atoms with Gasteiger partial charge in [0.15, 0.2) is 5.11 Å². The third-order valence-electron chi connectivity index (χ3n) is 5.13. The van der Waals surface area contributed by atoms with Crippen molar-refractivity contribution in [1.29, 1.82) is 0 Å². The van der Waals surface area contributed by atoms with Crippen molar-refractivity contribution >= 4 is 38.9 Å². The van der Waals surface area contributed by atoms with Gasteiger partial charge in [-0.2, -0.15) is 0 Å². The second-order valence-electron chi connectivity index (χ2n) is 6.77. The molecule has 1 aliphatic rings. The van der Waals surface area contributed by atoms with Gasteiger partial charge in [0.25, 0.3) is 0 Å². The fourth-order valence-electron chi connectivity index (χ4n) is 3.71. The van der Waals surface area contributed by atoms with Gasteiger partial charge in [-0.1, -0.05) is 15.9 Å². The lowest BCUT2D eigenvalue weighted by Gasteiger charge is -2.39. The van der Waals surface area contributed by atoms with Gasteiger partial charge in [-0.3, -0.25) is 0 Å². The van der Waals surface area contributed by atoms with Crippen LogP contribution in [0.25, 0.3) is 0 Å². The van der Waals surface area contributed by atoms with Crippen LogP contribution in [0.3, 0.4) is 0 Å². The highest BCUT2D eigenvalue weighted by Gasteiger charge is 2.33. The molecule has 0 saturated heterocycles. The number of thiocarbonyl (C=S) groups is 1. The number of nitrogens with one attached hydrogen (secondary N) is 1. The van der Waals surface area contributed by atoms with E-state index in [4.69, 9.17) is 21.7 Å². The van der Waals surface area contributed by atoms with E-state index < -0.39 is 0 Å². The predicted molar refractivity (Wildman–Crippen MR) is 123 cm³/mol. The number of ether oxygens (including phenoxy) is 2. The molecule has 0 spiro atoms. The van der Waals surface area contributed by atoms with E-state index in [1.807, 2.05) is 42.5 Å². The first-order valence-corrected chi connectivity index (χ1v) is 10.5. The van der Waals surface area contributed by atoms with Crippen LogP contribution in [0, 0.1) is 0 Å². The molecule has 1 N–H and O–H groups in total. The Kier molecular flexibility index (Phi) is 5.78. The molecule has 0 saturated carbocycles. The number of anilines is 1. The summed E-state index contributed by atoms with van der Waals surface area (Å²) in [7, 11) is 3.36. The summed E-state index contributed by atoms with van der Waals surface area (Å²) in [6.07, 6.45) is 2.11. The van der Waals surface area contributed by atoms with Crippen LogP contribution in [-0.4, -0.2) is 35.3 Å². The molecule has 0 unspecified atom stereocenters. The van der Waals surface area contributed by atoms with Gasteiger partial charge in [-0.05, 0) is 66.8 Å². The van der Waals surface area contributed by atoms with Gasteiger partial charge in [0.1, 0.15) is 17.5 Å². The van der Waals surface area contributed by atoms with Crippen molar-refractivity contribution in [2.45, 2.75) is 12.6 Å². The molecule has 0 fully saturated rings. The van der Waals surface area contributed by atoms with Gasteiger partial charge in [-0.25, -0.2) is 0 Å². The fourth-order valence-corrected chi connectivity index (χ4v) is 4.29. The topological polar surface area (TPSA) is 38.7 Å². The summed E-state index contributed by atoms with van der Waals surface area (Å²) in [4.78, 5) is 2.21. The average molecular weight is 472 g/mol. The van der Waals surface area contributed by atoms with E-state index in [0.29, 0.717) is 5.11 Å². The number of halogens is 1. The lowest BCUT2D eigenvalue weighted by atomic mass is 9.99. The van der Waals surface area contributed by atoms with Crippen LogP contribution >= 0.6 is 28.1 Å². The predicted octanol–water partition coefficient (Wildman–Crippen LogP) is 5.07. The van der Waals surface area contributed by atoms with Crippen molar-refractivity contribution in [2.75, 3.05) is 26.1 Å². The largest absolute Gasteiger partial charge is 0.497 e. The first-order chi connectivity index (χ1) is 14.1. The Morgan fingerprint density at radius 1 is 1.07 bits per heavy atom. The highest BCUT2D eigenvalue weighted by molar-refractivity contribution is 9.10. The molecule has 1 aliphatic heterocycles. The van der Waals surface area contributed by atoms with Crippen molar-refractivity contribution in [3.8, 4) is 11.5 Å². The maximum atomic E-state index is 5.83. The minimum Gasteiger partial charge on any atom is -0.497 e. The molecule has 3 aromatic rings. The van der Waals surface area contributed by atoms with E-state index in [1.165, 1.54) is 5.69 Å². The Balaban J connectivity index is 1.73. The molecule has 2 heterocycles. The minimum absolute atomic E-state index is 0.0840. The number of aromatic nitrogens is 1. The van der Waals surface area contributed by atoms with E-state index in [2.05, 4.69) is 49.0 Å². The molecule has 4 rings (SSSR count). The molecular formula is C22H22BrN3O2S. The summed E-state index contributed by atoms with van der Waals surface area (Å²) in [5.41, 5.74) is 3.14. The third-order valence-corrected chi connectivity index (χ3v) is 5.99. The lowest BCUT2D eigenvalue weighted by Crippen LogP contribution is -2.44. The molecule has 7 heteroatoms. The molecule has 29 heavy (non-hydrogen) atoms. The Bertz CT molecular complexity index is 1020. The summed E-state index contributed by atoms with van der Waals surface area (Å²) in [5, 5.41) is 4.06. The van der Waals surface area contributed by atoms with Gasteiger partial charge in [0.2, 0.25) is 0 Å². The van der Waals surface area contributed by atoms with E-state index in [0.717, 1.165) is 40.3 Å². The quantitative estimate of drug-likeness (QED) is 0.537. The average Bonchev–Trinajstić information content (AvgIpc) is 3.23. The van der Waals surface area contributed by atoms with E-state index in [-0.39, 0.29) is 6.04 Å².